The number of nitrogens with zero attached hydrogens (tertiary/aromatic N) is 1. The number of alkyl halides is 3. The van der Waals surface area contributed by atoms with Crippen LogP contribution in [0.2, 0.25) is 0 Å². The lowest BCUT2D eigenvalue weighted by atomic mass is 9.85. The molecule has 5 nitrogen and oxygen atoms in total. The third-order valence-corrected chi connectivity index (χ3v) is 3.00. The number of carbonyl (C=O) groups excluding carboxylic acids is 1. The van der Waals surface area contributed by atoms with Gasteiger partial charge >= 0.3 is 18.2 Å². The van der Waals surface area contributed by atoms with Crippen LogP contribution >= 0.6 is 0 Å². The standard InChI is InChI=1S/C12H18F3NO4/c1-11(2,3)20-10(19)16-5-4-7(9(17)18)8(6-16)12(13,14)15/h7-8H,4-6H2,1-3H3,(H,17,18)/t7-,8+/m0/s1. The summed E-state index contributed by atoms with van der Waals surface area (Å²) in [5.74, 6) is -5.08. The lowest BCUT2D eigenvalue weighted by Crippen LogP contribution is -2.51. The Morgan fingerprint density at radius 2 is 1.80 bits per heavy atom. The van der Waals surface area contributed by atoms with E-state index in [-0.39, 0.29) is 13.0 Å². The number of likely N-dealkylation sites (tertiary alicyclic amines) is 1. The van der Waals surface area contributed by atoms with Crippen LogP contribution in [0.15, 0.2) is 0 Å². The van der Waals surface area contributed by atoms with Gasteiger partial charge in [-0.3, -0.25) is 4.79 Å². The van der Waals surface area contributed by atoms with Crippen molar-refractivity contribution in [1.29, 1.82) is 0 Å². The van der Waals surface area contributed by atoms with Crippen molar-refractivity contribution in [3.63, 3.8) is 0 Å². The maximum atomic E-state index is 12.9. The topological polar surface area (TPSA) is 66.8 Å². The number of carboxylic acids is 1. The summed E-state index contributed by atoms with van der Waals surface area (Å²) in [7, 11) is 0. The maximum Gasteiger partial charge on any atom is 0.410 e. The van der Waals surface area contributed by atoms with E-state index in [1.54, 1.807) is 20.8 Å². The number of ether oxygens (including phenoxy) is 1. The average Bonchev–Trinajstić information content (AvgIpc) is 2.24. The van der Waals surface area contributed by atoms with Crippen LogP contribution in [0, 0.1) is 11.8 Å². The number of aliphatic carboxylic acids is 1. The van der Waals surface area contributed by atoms with Crippen molar-refractivity contribution in [2.24, 2.45) is 11.8 Å². The molecule has 1 aliphatic rings. The summed E-state index contributed by atoms with van der Waals surface area (Å²) < 4.78 is 43.7. The molecule has 0 aliphatic carbocycles. The van der Waals surface area contributed by atoms with Crippen LogP contribution in [-0.4, -0.2) is 46.9 Å². The van der Waals surface area contributed by atoms with Gasteiger partial charge < -0.3 is 14.7 Å². The number of rotatable bonds is 1. The second kappa shape index (κ2) is 5.49. The number of hydrogen-bond acceptors (Lipinski definition) is 3. The lowest BCUT2D eigenvalue weighted by molar-refractivity contribution is -0.206. The molecule has 0 spiro atoms. The summed E-state index contributed by atoms with van der Waals surface area (Å²) in [6.07, 6.45) is -5.75. The predicted octanol–water partition coefficient (Wildman–Crippen LogP) is 2.51. The fraction of sp³-hybridized carbons (Fsp3) is 0.833. The molecular weight excluding hydrogens is 279 g/mol. The molecule has 8 heteroatoms. The molecule has 1 N–H and O–H groups in total. The number of carbonyl (C=O) groups is 2. The van der Waals surface area contributed by atoms with Gasteiger partial charge in [0, 0.05) is 13.1 Å². The Morgan fingerprint density at radius 3 is 2.20 bits per heavy atom. The predicted molar refractivity (Wildman–Crippen MR) is 63.1 cm³/mol. The van der Waals surface area contributed by atoms with Gasteiger partial charge in [-0.1, -0.05) is 0 Å². The van der Waals surface area contributed by atoms with E-state index in [1.165, 1.54) is 0 Å². The molecule has 0 saturated carbocycles. The number of amides is 1. The summed E-state index contributed by atoms with van der Waals surface area (Å²) in [5, 5.41) is 8.85. The number of carboxylic acid groups (broad SMARTS) is 1. The van der Waals surface area contributed by atoms with Crippen LogP contribution in [0.3, 0.4) is 0 Å². The molecule has 20 heavy (non-hydrogen) atoms. The summed E-state index contributed by atoms with van der Waals surface area (Å²) in [6.45, 7) is 4.08. The molecule has 0 radical (unpaired) electrons. The van der Waals surface area contributed by atoms with Crippen molar-refractivity contribution in [3.8, 4) is 0 Å². The van der Waals surface area contributed by atoms with Crippen molar-refractivity contribution in [1.82, 2.24) is 4.90 Å². The smallest absolute Gasteiger partial charge is 0.410 e. The molecule has 116 valence electrons. The van der Waals surface area contributed by atoms with Gasteiger partial charge in [0.1, 0.15) is 5.60 Å². The molecule has 1 saturated heterocycles. The molecular formula is C12H18F3NO4. The molecule has 1 heterocycles. The minimum Gasteiger partial charge on any atom is -0.481 e. The van der Waals surface area contributed by atoms with E-state index in [9.17, 15) is 22.8 Å². The summed E-state index contributed by atoms with van der Waals surface area (Å²) in [4.78, 5) is 23.6. The maximum absolute atomic E-state index is 12.9. The van der Waals surface area contributed by atoms with E-state index >= 15 is 0 Å². The third-order valence-electron chi connectivity index (χ3n) is 3.00. The Labute approximate surface area is 114 Å². The number of halogens is 3. The highest BCUT2D eigenvalue weighted by Crippen LogP contribution is 2.37. The molecule has 1 amide bonds. The highest BCUT2D eigenvalue weighted by Gasteiger charge is 2.51. The molecule has 0 unspecified atom stereocenters. The first kappa shape index (κ1) is 16.6. The van der Waals surface area contributed by atoms with E-state index in [4.69, 9.17) is 9.84 Å². The fourth-order valence-corrected chi connectivity index (χ4v) is 2.07. The van der Waals surface area contributed by atoms with E-state index in [0.717, 1.165) is 4.90 Å². The largest absolute Gasteiger partial charge is 0.481 e. The average molecular weight is 297 g/mol. The van der Waals surface area contributed by atoms with Gasteiger partial charge in [0.15, 0.2) is 0 Å². The summed E-state index contributed by atoms with van der Waals surface area (Å²) in [5.41, 5.74) is -0.811. The minimum atomic E-state index is -4.66. The first-order chi connectivity index (χ1) is 8.92. The van der Waals surface area contributed by atoms with Crippen molar-refractivity contribution >= 4 is 12.1 Å². The van der Waals surface area contributed by atoms with Crippen LogP contribution in [0.5, 0.6) is 0 Å². The lowest BCUT2D eigenvalue weighted by Gasteiger charge is -2.38. The second-order valence-electron chi connectivity index (χ2n) is 5.81. The molecule has 1 aliphatic heterocycles. The first-order valence-electron chi connectivity index (χ1n) is 6.19. The second-order valence-corrected chi connectivity index (χ2v) is 5.81. The summed E-state index contributed by atoms with van der Waals surface area (Å²) >= 11 is 0. The van der Waals surface area contributed by atoms with Crippen LogP contribution in [-0.2, 0) is 9.53 Å². The molecule has 0 aromatic heterocycles. The van der Waals surface area contributed by atoms with Crippen molar-refractivity contribution in [3.05, 3.63) is 0 Å². The fourth-order valence-electron chi connectivity index (χ4n) is 2.07. The van der Waals surface area contributed by atoms with Gasteiger partial charge in [-0.25, -0.2) is 4.79 Å². The molecule has 0 bridgehead atoms. The van der Waals surface area contributed by atoms with Gasteiger partial charge in [0.25, 0.3) is 0 Å². The zero-order valence-corrected chi connectivity index (χ0v) is 11.5. The summed E-state index contributed by atoms with van der Waals surface area (Å²) in [6, 6.07) is 0. The third kappa shape index (κ3) is 4.28. The van der Waals surface area contributed by atoms with Gasteiger partial charge in [0.05, 0.1) is 11.8 Å². The Hall–Kier alpha value is -1.47. The zero-order chi connectivity index (χ0) is 15.7. The quantitative estimate of drug-likeness (QED) is 0.807. The highest BCUT2D eigenvalue weighted by atomic mass is 19.4. The van der Waals surface area contributed by atoms with Crippen molar-refractivity contribution in [2.75, 3.05) is 13.1 Å². The minimum absolute atomic E-state index is 0.0571. The van der Waals surface area contributed by atoms with E-state index in [2.05, 4.69) is 0 Å². The van der Waals surface area contributed by atoms with Gasteiger partial charge in [0.2, 0.25) is 0 Å². The normalized spacial score (nSPS) is 24.4. The Morgan fingerprint density at radius 1 is 1.25 bits per heavy atom. The van der Waals surface area contributed by atoms with E-state index in [0.29, 0.717) is 0 Å². The number of piperidine rings is 1. The number of hydrogen-bond donors (Lipinski definition) is 1. The van der Waals surface area contributed by atoms with E-state index < -0.39 is 42.2 Å². The molecule has 1 fully saturated rings. The van der Waals surface area contributed by atoms with E-state index in [1.807, 2.05) is 0 Å². The highest BCUT2D eigenvalue weighted by molar-refractivity contribution is 5.72. The first-order valence-corrected chi connectivity index (χ1v) is 6.19. The van der Waals surface area contributed by atoms with Crippen molar-refractivity contribution in [2.45, 2.75) is 39.0 Å². The Kier molecular flexibility index (Phi) is 4.55. The van der Waals surface area contributed by atoms with Gasteiger partial charge in [-0.05, 0) is 27.2 Å². The van der Waals surface area contributed by atoms with Crippen LogP contribution in [0.25, 0.3) is 0 Å². The van der Waals surface area contributed by atoms with Crippen LogP contribution < -0.4 is 0 Å². The van der Waals surface area contributed by atoms with Gasteiger partial charge in [-0.2, -0.15) is 13.2 Å². The molecule has 1 rings (SSSR count). The zero-order valence-electron chi connectivity index (χ0n) is 11.5. The van der Waals surface area contributed by atoms with Crippen molar-refractivity contribution < 1.29 is 32.6 Å². The molecule has 0 aromatic rings. The molecule has 0 aromatic carbocycles. The molecule has 2 atom stereocenters. The van der Waals surface area contributed by atoms with Gasteiger partial charge in [-0.15, -0.1) is 0 Å². The Bertz CT molecular complexity index is 389. The SMILES string of the molecule is CC(C)(C)OC(=O)N1CC[C@H](C(=O)O)[C@H](C(F)(F)F)C1. The monoisotopic (exact) mass is 297 g/mol. The van der Waals surface area contributed by atoms with Crippen LogP contribution in [0.4, 0.5) is 18.0 Å². The Balaban J connectivity index is 2.82. The van der Waals surface area contributed by atoms with Crippen LogP contribution in [0.1, 0.15) is 27.2 Å².